The molecule has 0 radical (unpaired) electrons. The summed E-state index contributed by atoms with van der Waals surface area (Å²) < 4.78 is 37.1. The predicted octanol–water partition coefficient (Wildman–Crippen LogP) is 2.39. The Morgan fingerprint density at radius 2 is 2.03 bits per heavy atom. The van der Waals surface area contributed by atoms with Gasteiger partial charge in [-0.15, -0.1) is 0 Å². The van der Waals surface area contributed by atoms with Crippen LogP contribution in [0.3, 0.4) is 0 Å². The number of alkyl halides is 1. The maximum absolute atomic E-state index is 15.8. The zero-order valence-corrected chi connectivity index (χ0v) is 18.0. The van der Waals surface area contributed by atoms with Crippen molar-refractivity contribution in [3.63, 3.8) is 0 Å². The van der Waals surface area contributed by atoms with Crippen LogP contribution in [-0.4, -0.2) is 42.3 Å². The first kappa shape index (κ1) is 20.0. The summed E-state index contributed by atoms with van der Waals surface area (Å²) in [6.45, 7) is 2.46. The van der Waals surface area contributed by atoms with Crippen LogP contribution in [0.5, 0.6) is 5.75 Å². The van der Waals surface area contributed by atoms with E-state index in [4.69, 9.17) is 16.2 Å². The van der Waals surface area contributed by atoms with E-state index in [1.807, 2.05) is 4.90 Å². The molecule has 4 fully saturated rings. The van der Waals surface area contributed by atoms with Gasteiger partial charge in [0.15, 0.2) is 17.3 Å². The van der Waals surface area contributed by atoms with Crippen molar-refractivity contribution in [2.45, 2.75) is 43.9 Å². The molecule has 3 aliphatic carbocycles. The van der Waals surface area contributed by atoms with Crippen molar-refractivity contribution >= 4 is 28.1 Å². The Bertz CT molecular complexity index is 1260. The van der Waals surface area contributed by atoms with Crippen LogP contribution in [-0.2, 0) is 0 Å². The molecule has 6 rings (SSSR count). The second kappa shape index (κ2) is 6.21. The van der Waals surface area contributed by atoms with E-state index in [0.717, 1.165) is 12.8 Å². The van der Waals surface area contributed by atoms with Crippen molar-refractivity contribution in [1.29, 1.82) is 0 Å². The minimum Gasteiger partial charge on any atom is -0.492 e. The summed E-state index contributed by atoms with van der Waals surface area (Å²) in [7, 11) is 1.40. The number of ketones is 1. The normalized spacial score (nSPS) is 34.5. The van der Waals surface area contributed by atoms with Gasteiger partial charge in [0.05, 0.1) is 35.3 Å². The van der Waals surface area contributed by atoms with E-state index >= 15 is 4.39 Å². The zero-order valence-electron chi connectivity index (χ0n) is 18.0. The number of hydrogen-bond acceptors (Lipinski definition) is 6. The van der Waals surface area contributed by atoms with Gasteiger partial charge in [0.25, 0.3) is 0 Å². The number of nitrogen functional groups attached to an aromatic ring is 1. The molecule has 0 amide bonds. The molecular weight excluding hydrogens is 418 g/mol. The highest BCUT2D eigenvalue weighted by Gasteiger charge is 2.66. The highest BCUT2D eigenvalue weighted by molar-refractivity contribution is 6.04. The summed E-state index contributed by atoms with van der Waals surface area (Å²) in [5, 5.41) is -0.133. The molecule has 7 nitrogen and oxygen atoms in total. The van der Waals surface area contributed by atoms with Gasteiger partial charge < -0.3 is 25.7 Å². The summed E-state index contributed by atoms with van der Waals surface area (Å²) in [6.07, 6.45) is 2.53. The Hall–Kier alpha value is -2.68. The highest BCUT2D eigenvalue weighted by atomic mass is 19.1. The number of fused-ring (bicyclic) bond motifs is 4. The number of carbonyl (C=O) groups excluding carboxylic acids is 1. The molecule has 2 heterocycles. The van der Waals surface area contributed by atoms with Gasteiger partial charge in [-0.25, -0.2) is 8.78 Å². The molecule has 1 aromatic heterocycles. The number of benzene rings is 1. The van der Waals surface area contributed by atoms with Gasteiger partial charge in [0.2, 0.25) is 5.43 Å². The lowest BCUT2D eigenvalue weighted by atomic mass is 9.92. The fourth-order valence-electron chi connectivity index (χ4n) is 6.38. The third kappa shape index (κ3) is 2.43. The molecule has 2 aromatic rings. The highest BCUT2D eigenvalue weighted by Crippen LogP contribution is 2.62. The lowest BCUT2D eigenvalue weighted by Gasteiger charge is -2.27. The Kier molecular flexibility index (Phi) is 3.88. The summed E-state index contributed by atoms with van der Waals surface area (Å²) in [4.78, 5) is 27.1. The predicted molar refractivity (Wildman–Crippen MR) is 117 cm³/mol. The SMILES string of the molecule is COc1c(N2CC3CC4CC4(N)C3C2)c(F)c(N)c2c(=O)c(C(C)=O)cn(C3CC3F)c12. The van der Waals surface area contributed by atoms with Crippen molar-refractivity contribution in [3.8, 4) is 5.75 Å². The third-order valence-corrected chi connectivity index (χ3v) is 8.24. The Balaban J connectivity index is 1.59. The maximum atomic E-state index is 15.8. The number of aromatic nitrogens is 1. The monoisotopic (exact) mass is 444 g/mol. The molecule has 3 saturated carbocycles. The largest absolute Gasteiger partial charge is 0.492 e. The van der Waals surface area contributed by atoms with Crippen LogP contribution in [0.4, 0.5) is 20.2 Å². The van der Waals surface area contributed by atoms with Crippen molar-refractivity contribution in [1.82, 2.24) is 4.57 Å². The number of nitrogens with two attached hydrogens (primary N) is 2. The molecule has 1 saturated heterocycles. The Labute approximate surface area is 183 Å². The number of halogens is 2. The number of hydrogen-bond donors (Lipinski definition) is 2. The molecule has 6 atom stereocenters. The van der Waals surface area contributed by atoms with Crippen LogP contribution in [0, 0.1) is 23.6 Å². The van der Waals surface area contributed by atoms with E-state index in [-0.39, 0.29) is 51.5 Å². The molecule has 1 aliphatic heterocycles. The van der Waals surface area contributed by atoms with Crippen LogP contribution >= 0.6 is 0 Å². The van der Waals surface area contributed by atoms with Crippen molar-refractivity contribution < 1.29 is 18.3 Å². The topological polar surface area (TPSA) is 104 Å². The molecule has 32 heavy (non-hydrogen) atoms. The summed E-state index contributed by atoms with van der Waals surface area (Å²) in [5.74, 6) is 0.125. The maximum Gasteiger partial charge on any atom is 0.202 e. The molecule has 6 unspecified atom stereocenters. The fourth-order valence-corrected chi connectivity index (χ4v) is 6.38. The lowest BCUT2D eigenvalue weighted by Crippen LogP contribution is -2.35. The van der Waals surface area contributed by atoms with Gasteiger partial charge in [0.1, 0.15) is 11.9 Å². The van der Waals surface area contributed by atoms with Crippen LogP contribution < -0.4 is 26.5 Å². The zero-order chi connectivity index (χ0) is 22.7. The van der Waals surface area contributed by atoms with E-state index in [1.165, 1.54) is 24.8 Å². The molecule has 4 aliphatic rings. The number of Topliss-reactive ketones (excluding diaryl/α,β-unsaturated/α-hetero) is 1. The average molecular weight is 444 g/mol. The van der Waals surface area contributed by atoms with Gasteiger partial charge in [-0.3, -0.25) is 9.59 Å². The molecular formula is C23H26F2N4O3. The van der Waals surface area contributed by atoms with Gasteiger partial charge in [0, 0.05) is 31.2 Å². The van der Waals surface area contributed by atoms with E-state index in [9.17, 15) is 14.0 Å². The average Bonchev–Trinajstić information content (AvgIpc) is 3.53. The van der Waals surface area contributed by atoms with E-state index in [1.54, 1.807) is 0 Å². The first-order valence-corrected chi connectivity index (χ1v) is 11.1. The van der Waals surface area contributed by atoms with Crippen molar-refractivity contribution in [2.24, 2.45) is 23.5 Å². The third-order valence-electron chi connectivity index (χ3n) is 8.24. The van der Waals surface area contributed by atoms with Gasteiger partial charge >= 0.3 is 0 Å². The van der Waals surface area contributed by atoms with Crippen molar-refractivity contribution in [2.75, 3.05) is 30.8 Å². The first-order chi connectivity index (χ1) is 15.2. The quantitative estimate of drug-likeness (QED) is 0.555. The molecule has 1 aromatic carbocycles. The lowest BCUT2D eigenvalue weighted by molar-refractivity contribution is 0.101. The smallest absolute Gasteiger partial charge is 0.202 e. The number of carbonyl (C=O) groups is 1. The van der Waals surface area contributed by atoms with Crippen LogP contribution in [0.2, 0.25) is 0 Å². The van der Waals surface area contributed by atoms with Crippen LogP contribution in [0.15, 0.2) is 11.0 Å². The minimum atomic E-state index is -1.12. The number of ether oxygens (including phenoxy) is 1. The molecule has 4 N–H and O–H groups in total. The number of anilines is 2. The standard InChI is InChI=1S/C23H26F2N4O3/c1-9(30)12-7-29(15-4-14(15)24)19-16(21(12)31)18(26)17(25)20(22(19)32-2)28-6-10-3-11-5-23(11,27)13(10)8-28/h7,10-11,13-15H,3-6,8,26-27H2,1-2H3. The van der Waals surface area contributed by atoms with Crippen molar-refractivity contribution in [3.05, 3.63) is 27.8 Å². The molecule has 170 valence electrons. The van der Waals surface area contributed by atoms with E-state index in [0.29, 0.717) is 24.9 Å². The van der Waals surface area contributed by atoms with E-state index < -0.39 is 29.2 Å². The molecule has 9 heteroatoms. The minimum absolute atomic E-state index is 0.133. The van der Waals surface area contributed by atoms with E-state index in [2.05, 4.69) is 0 Å². The van der Waals surface area contributed by atoms with Crippen LogP contribution in [0.25, 0.3) is 10.9 Å². The summed E-state index contributed by atoms with van der Waals surface area (Å²) in [5.41, 5.74) is 11.9. The van der Waals surface area contributed by atoms with Gasteiger partial charge in [-0.05, 0) is 37.5 Å². The molecule has 0 bridgehead atoms. The van der Waals surface area contributed by atoms with Crippen LogP contribution in [0.1, 0.15) is 42.6 Å². The molecule has 0 spiro atoms. The summed E-state index contributed by atoms with van der Waals surface area (Å²) in [6, 6.07) is -0.555. The number of rotatable bonds is 4. The first-order valence-electron chi connectivity index (χ1n) is 11.1. The second-order valence-electron chi connectivity index (χ2n) is 10.0. The second-order valence-corrected chi connectivity index (χ2v) is 10.0. The number of nitrogens with zero attached hydrogens (tertiary/aromatic N) is 2. The Morgan fingerprint density at radius 1 is 1.31 bits per heavy atom. The van der Waals surface area contributed by atoms with Gasteiger partial charge in [-0.1, -0.05) is 0 Å². The summed E-state index contributed by atoms with van der Waals surface area (Å²) >= 11 is 0. The number of methoxy groups -OCH3 is 1. The fraction of sp³-hybridized carbons (Fsp3) is 0.565. The number of pyridine rings is 1. The Morgan fingerprint density at radius 3 is 2.62 bits per heavy atom. The van der Waals surface area contributed by atoms with Gasteiger partial charge in [-0.2, -0.15) is 0 Å².